The molecular weight excluding hydrogens is 318 g/mol. The quantitative estimate of drug-likeness (QED) is 0.855. The number of aliphatic hydroxyl groups is 1. The van der Waals surface area contributed by atoms with Gasteiger partial charge in [0.1, 0.15) is 4.90 Å². The van der Waals surface area contributed by atoms with Crippen molar-refractivity contribution in [3.05, 3.63) is 51.7 Å². The second-order valence-corrected chi connectivity index (χ2v) is 7.11. The first-order valence-electron chi connectivity index (χ1n) is 5.95. The molecule has 0 radical (unpaired) electrons. The summed E-state index contributed by atoms with van der Waals surface area (Å²) in [7, 11) is -3.65. The van der Waals surface area contributed by atoms with Gasteiger partial charge in [-0.05, 0) is 40.9 Å². The summed E-state index contributed by atoms with van der Waals surface area (Å²) < 4.78 is 26.5. The van der Waals surface area contributed by atoms with Crippen LogP contribution < -0.4 is 4.72 Å². The number of hydrogen-bond donors (Lipinski definition) is 2. The van der Waals surface area contributed by atoms with Crippen LogP contribution in [0.3, 0.4) is 0 Å². The van der Waals surface area contributed by atoms with Crippen molar-refractivity contribution < 1.29 is 13.5 Å². The van der Waals surface area contributed by atoms with Crippen molar-refractivity contribution in [1.29, 1.82) is 0 Å². The van der Waals surface area contributed by atoms with Crippen molar-refractivity contribution in [2.45, 2.75) is 17.4 Å². The fraction of sp³-hybridized carbons (Fsp3) is 0.231. The number of nitrogens with one attached hydrogen (secondary N) is 1. The fourth-order valence-corrected chi connectivity index (χ4v) is 3.97. The molecule has 2 aromatic rings. The van der Waals surface area contributed by atoms with Crippen LogP contribution in [0.1, 0.15) is 18.1 Å². The van der Waals surface area contributed by atoms with Crippen molar-refractivity contribution in [3.63, 3.8) is 0 Å². The van der Waals surface area contributed by atoms with Crippen LogP contribution in [0.25, 0.3) is 0 Å². The molecule has 1 aromatic heterocycles. The van der Waals surface area contributed by atoms with Crippen LogP contribution in [-0.4, -0.2) is 20.1 Å². The molecule has 20 heavy (non-hydrogen) atoms. The highest BCUT2D eigenvalue weighted by molar-refractivity contribution is 7.89. The maximum atomic E-state index is 12.0. The molecule has 1 aromatic carbocycles. The Balaban J connectivity index is 1.95. The third kappa shape index (κ3) is 3.80. The highest BCUT2D eigenvalue weighted by Crippen LogP contribution is 2.21. The Labute approximate surface area is 127 Å². The predicted octanol–water partition coefficient (Wildman–Crippen LogP) is 2.80. The van der Waals surface area contributed by atoms with Gasteiger partial charge >= 0.3 is 0 Å². The summed E-state index contributed by atoms with van der Waals surface area (Å²) in [6.07, 6.45) is -0.365. The average molecular weight is 332 g/mol. The third-order valence-electron chi connectivity index (χ3n) is 2.76. The van der Waals surface area contributed by atoms with Gasteiger partial charge < -0.3 is 5.11 Å². The van der Waals surface area contributed by atoms with E-state index in [9.17, 15) is 13.5 Å². The molecule has 7 heteroatoms. The molecule has 0 bridgehead atoms. The molecule has 0 aliphatic carbocycles. The number of benzene rings is 1. The van der Waals surface area contributed by atoms with Gasteiger partial charge in [0, 0.05) is 6.54 Å². The first-order chi connectivity index (χ1) is 9.50. The van der Waals surface area contributed by atoms with E-state index in [-0.39, 0.29) is 16.5 Å². The maximum Gasteiger partial charge on any atom is 0.242 e. The van der Waals surface area contributed by atoms with Crippen LogP contribution >= 0.6 is 22.9 Å². The lowest BCUT2D eigenvalue weighted by atomic mass is 10.1. The van der Waals surface area contributed by atoms with Crippen LogP contribution in [0.4, 0.5) is 0 Å². The van der Waals surface area contributed by atoms with Gasteiger partial charge in [0.15, 0.2) is 0 Å². The van der Waals surface area contributed by atoms with Crippen molar-refractivity contribution >= 4 is 33.0 Å². The largest absolute Gasteiger partial charge is 0.388 e. The molecule has 0 fully saturated rings. The standard InChI is InChI=1S/C13H14ClNO3S2/c14-11-3-1-2-4-13(11)20(17,18)15-7-5-12(16)10-6-8-19-9-10/h1-4,6,8-9,12,15-16H,5,7H2/t12-/m1/s1. The molecule has 0 aliphatic heterocycles. The van der Waals surface area contributed by atoms with Crippen LogP contribution in [0.5, 0.6) is 0 Å². The number of hydrogen-bond acceptors (Lipinski definition) is 4. The topological polar surface area (TPSA) is 66.4 Å². The van der Waals surface area contributed by atoms with Crippen molar-refractivity contribution in [2.75, 3.05) is 6.54 Å². The molecule has 0 aliphatic rings. The van der Waals surface area contributed by atoms with Crippen LogP contribution in [-0.2, 0) is 10.0 Å². The SMILES string of the molecule is O=S(=O)(NCC[C@@H](O)c1ccsc1)c1ccccc1Cl. The minimum Gasteiger partial charge on any atom is -0.388 e. The average Bonchev–Trinajstić information content (AvgIpc) is 2.92. The second kappa shape index (κ2) is 6.69. The molecule has 0 unspecified atom stereocenters. The molecule has 0 saturated heterocycles. The first-order valence-corrected chi connectivity index (χ1v) is 8.75. The smallest absolute Gasteiger partial charge is 0.242 e. The fourth-order valence-electron chi connectivity index (χ4n) is 1.70. The van der Waals surface area contributed by atoms with Gasteiger partial charge in [0.05, 0.1) is 11.1 Å². The van der Waals surface area contributed by atoms with Crippen LogP contribution in [0.2, 0.25) is 5.02 Å². The lowest BCUT2D eigenvalue weighted by Gasteiger charge is -2.11. The van der Waals surface area contributed by atoms with Gasteiger partial charge in [-0.2, -0.15) is 11.3 Å². The molecule has 1 atom stereocenters. The van der Waals surface area contributed by atoms with Crippen LogP contribution in [0, 0.1) is 0 Å². The molecule has 0 spiro atoms. The van der Waals surface area contributed by atoms with E-state index in [0.717, 1.165) is 5.56 Å². The van der Waals surface area contributed by atoms with Gasteiger partial charge in [0.2, 0.25) is 10.0 Å². The Kier molecular flexibility index (Phi) is 5.17. The summed E-state index contributed by atoms with van der Waals surface area (Å²) in [5.74, 6) is 0. The van der Waals surface area contributed by atoms with E-state index < -0.39 is 16.1 Å². The van der Waals surface area contributed by atoms with E-state index >= 15 is 0 Å². The number of thiophene rings is 1. The number of rotatable bonds is 6. The zero-order chi connectivity index (χ0) is 14.6. The molecule has 2 N–H and O–H groups in total. The lowest BCUT2D eigenvalue weighted by Crippen LogP contribution is -2.26. The summed E-state index contributed by atoms with van der Waals surface area (Å²) in [6, 6.07) is 8.07. The number of aliphatic hydroxyl groups excluding tert-OH is 1. The zero-order valence-electron chi connectivity index (χ0n) is 10.5. The summed E-state index contributed by atoms with van der Waals surface area (Å²) in [5.41, 5.74) is 0.798. The van der Waals surface area contributed by atoms with E-state index in [1.807, 2.05) is 16.8 Å². The molecule has 1 heterocycles. The van der Waals surface area contributed by atoms with E-state index in [1.165, 1.54) is 23.5 Å². The first kappa shape index (κ1) is 15.5. The Morgan fingerprint density at radius 2 is 2.05 bits per heavy atom. The van der Waals surface area contributed by atoms with Crippen molar-refractivity contribution in [2.24, 2.45) is 0 Å². The lowest BCUT2D eigenvalue weighted by molar-refractivity contribution is 0.169. The monoisotopic (exact) mass is 331 g/mol. The van der Waals surface area contributed by atoms with Crippen LogP contribution in [0.15, 0.2) is 46.0 Å². The maximum absolute atomic E-state index is 12.0. The van der Waals surface area contributed by atoms with E-state index in [4.69, 9.17) is 11.6 Å². The van der Waals surface area contributed by atoms with E-state index in [2.05, 4.69) is 4.72 Å². The molecular formula is C13H14ClNO3S2. The molecule has 4 nitrogen and oxygen atoms in total. The Bertz CT molecular complexity index is 656. The molecule has 2 rings (SSSR count). The predicted molar refractivity (Wildman–Crippen MR) is 80.5 cm³/mol. The van der Waals surface area contributed by atoms with Crippen molar-refractivity contribution in [3.8, 4) is 0 Å². The summed E-state index contributed by atoms with van der Waals surface area (Å²) in [6.45, 7) is 0.143. The van der Waals surface area contributed by atoms with Gasteiger partial charge in [0.25, 0.3) is 0 Å². The Morgan fingerprint density at radius 1 is 1.30 bits per heavy atom. The van der Waals surface area contributed by atoms with E-state index in [0.29, 0.717) is 6.42 Å². The molecule has 0 saturated carbocycles. The van der Waals surface area contributed by atoms with Gasteiger partial charge in [-0.15, -0.1) is 0 Å². The second-order valence-electron chi connectivity index (χ2n) is 4.19. The van der Waals surface area contributed by atoms with Gasteiger partial charge in [-0.1, -0.05) is 23.7 Å². The van der Waals surface area contributed by atoms with Gasteiger partial charge in [-0.3, -0.25) is 0 Å². The minimum atomic E-state index is -3.65. The number of halogens is 1. The number of sulfonamides is 1. The Hall–Kier alpha value is -0.920. The molecule has 108 valence electrons. The minimum absolute atomic E-state index is 0.0479. The van der Waals surface area contributed by atoms with Gasteiger partial charge in [-0.25, -0.2) is 13.1 Å². The summed E-state index contributed by atoms with van der Waals surface area (Å²) in [4.78, 5) is 0.0479. The zero-order valence-corrected chi connectivity index (χ0v) is 12.9. The summed E-state index contributed by atoms with van der Waals surface area (Å²) in [5, 5.41) is 13.8. The van der Waals surface area contributed by atoms with Crippen molar-refractivity contribution in [1.82, 2.24) is 4.72 Å². The summed E-state index contributed by atoms with van der Waals surface area (Å²) >= 11 is 7.35. The highest BCUT2D eigenvalue weighted by atomic mass is 35.5. The highest BCUT2D eigenvalue weighted by Gasteiger charge is 2.17. The normalized spacial score (nSPS) is 13.3. The Morgan fingerprint density at radius 3 is 2.70 bits per heavy atom. The third-order valence-corrected chi connectivity index (χ3v) is 5.43. The molecule has 0 amide bonds. The van der Waals surface area contributed by atoms with E-state index in [1.54, 1.807) is 12.1 Å².